The zero-order valence-corrected chi connectivity index (χ0v) is 8.07. The fourth-order valence-electron chi connectivity index (χ4n) is 0.812. The second kappa shape index (κ2) is 4.95. The maximum Gasteiger partial charge on any atom is -0.0136 e. The molecular weight excluding hydrogens is 132 g/mol. The lowest BCUT2D eigenvalue weighted by atomic mass is 10.0. The highest BCUT2D eigenvalue weighted by Crippen LogP contribution is 2.14. The van der Waals surface area contributed by atoms with E-state index in [1.54, 1.807) is 0 Å². The van der Waals surface area contributed by atoms with Gasteiger partial charge in [0.15, 0.2) is 0 Å². The maximum atomic E-state index is 3.90. The fourth-order valence-corrected chi connectivity index (χ4v) is 0.812. The Morgan fingerprint density at radius 2 is 1.82 bits per heavy atom. The molecule has 0 aromatic carbocycles. The number of hydrogen-bond acceptors (Lipinski definition) is 0. The molecule has 0 N–H and O–H groups in total. The van der Waals surface area contributed by atoms with Crippen LogP contribution in [0.5, 0.6) is 0 Å². The lowest BCUT2D eigenvalue weighted by Crippen LogP contribution is -1.83. The quantitative estimate of drug-likeness (QED) is 0.423. The van der Waals surface area contributed by atoms with Gasteiger partial charge in [-0.05, 0) is 39.7 Å². The second-order valence-electron chi connectivity index (χ2n) is 2.96. The summed E-state index contributed by atoms with van der Waals surface area (Å²) >= 11 is 0. The monoisotopic (exact) mass is 150 g/mol. The van der Waals surface area contributed by atoms with Crippen molar-refractivity contribution in [2.75, 3.05) is 0 Å². The van der Waals surface area contributed by atoms with Crippen LogP contribution < -0.4 is 0 Å². The lowest BCUT2D eigenvalue weighted by Gasteiger charge is -2.03. The third kappa shape index (κ3) is 3.82. The summed E-state index contributed by atoms with van der Waals surface area (Å²) in [5.74, 6) is 0. The van der Waals surface area contributed by atoms with Crippen LogP contribution in [0.1, 0.15) is 34.1 Å². The molecule has 0 aromatic heterocycles. The molecule has 0 aliphatic heterocycles. The average molecular weight is 150 g/mol. The molecule has 0 heteroatoms. The molecule has 0 unspecified atom stereocenters. The van der Waals surface area contributed by atoms with E-state index in [2.05, 4.69) is 39.5 Å². The molecular formula is C11H18. The van der Waals surface area contributed by atoms with Gasteiger partial charge in [0.25, 0.3) is 0 Å². The van der Waals surface area contributed by atoms with Crippen LogP contribution in [0.3, 0.4) is 0 Å². The minimum Gasteiger partial charge on any atom is -0.0959 e. The Morgan fingerprint density at radius 1 is 1.27 bits per heavy atom. The van der Waals surface area contributed by atoms with Gasteiger partial charge in [-0.1, -0.05) is 29.9 Å². The predicted octanol–water partition coefficient (Wildman–Crippen LogP) is 3.87. The first-order valence-electron chi connectivity index (χ1n) is 4.03. The van der Waals surface area contributed by atoms with E-state index in [0.717, 1.165) is 6.42 Å². The molecule has 0 saturated carbocycles. The Balaban J connectivity index is 4.28. The molecule has 0 bridgehead atoms. The lowest BCUT2D eigenvalue weighted by molar-refractivity contribution is 1.13. The van der Waals surface area contributed by atoms with Gasteiger partial charge in [-0.15, -0.1) is 0 Å². The van der Waals surface area contributed by atoms with Crippen molar-refractivity contribution in [1.29, 1.82) is 0 Å². The summed E-state index contributed by atoms with van der Waals surface area (Å²) in [5.41, 5.74) is 3.92. The molecule has 0 radical (unpaired) electrons. The molecule has 0 rings (SSSR count). The SMILES string of the molecule is C=C(C)C(C)=C(C)CC=CC. The summed E-state index contributed by atoms with van der Waals surface area (Å²) < 4.78 is 0. The summed E-state index contributed by atoms with van der Waals surface area (Å²) in [7, 11) is 0. The third-order valence-corrected chi connectivity index (χ3v) is 1.94. The molecule has 0 saturated heterocycles. The van der Waals surface area contributed by atoms with Crippen LogP contribution in [0.25, 0.3) is 0 Å². The number of rotatable bonds is 3. The highest BCUT2D eigenvalue weighted by Gasteiger charge is 1.94. The summed E-state index contributed by atoms with van der Waals surface area (Å²) in [4.78, 5) is 0. The average Bonchev–Trinajstić information content (AvgIpc) is 1.98. The number of allylic oxidation sites excluding steroid dienone is 5. The molecule has 0 aliphatic rings. The fraction of sp³-hybridized carbons (Fsp3) is 0.455. The van der Waals surface area contributed by atoms with Crippen LogP contribution in [0.2, 0.25) is 0 Å². The first kappa shape index (κ1) is 10.2. The minimum absolute atomic E-state index is 1.05. The topological polar surface area (TPSA) is 0 Å². The van der Waals surface area contributed by atoms with Gasteiger partial charge >= 0.3 is 0 Å². The molecule has 0 heterocycles. The normalized spacial score (nSPS) is 13.5. The van der Waals surface area contributed by atoms with Crippen LogP contribution >= 0.6 is 0 Å². The van der Waals surface area contributed by atoms with E-state index in [0.29, 0.717) is 0 Å². The Hall–Kier alpha value is -0.780. The van der Waals surface area contributed by atoms with Gasteiger partial charge in [0.1, 0.15) is 0 Å². The largest absolute Gasteiger partial charge is 0.0959 e. The highest BCUT2D eigenvalue weighted by molar-refractivity contribution is 5.29. The van der Waals surface area contributed by atoms with Crippen molar-refractivity contribution < 1.29 is 0 Å². The van der Waals surface area contributed by atoms with Crippen LogP contribution in [-0.2, 0) is 0 Å². The van der Waals surface area contributed by atoms with Gasteiger partial charge in [-0.2, -0.15) is 0 Å². The van der Waals surface area contributed by atoms with Gasteiger partial charge in [-0.3, -0.25) is 0 Å². The van der Waals surface area contributed by atoms with E-state index in [9.17, 15) is 0 Å². The van der Waals surface area contributed by atoms with Gasteiger partial charge in [0.2, 0.25) is 0 Å². The Bertz CT molecular complexity index is 192. The van der Waals surface area contributed by atoms with Crippen LogP contribution in [0.15, 0.2) is 35.5 Å². The molecule has 0 nitrogen and oxygen atoms in total. The standard InChI is InChI=1S/C11H18/c1-6-7-8-10(4)11(5)9(2)3/h6-7H,2,8H2,1,3-5H3. The molecule has 0 atom stereocenters. The van der Waals surface area contributed by atoms with Gasteiger partial charge in [0, 0.05) is 0 Å². The van der Waals surface area contributed by atoms with E-state index in [4.69, 9.17) is 0 Å². The van der Waals surface area contributed by atoms with Crippen molar-refractivity contribution in [2.24, 2.45) is 0 Å². The third-order valence-electron chi connectivity index (χ3n) is 1.94. The Kier molecular flexibility index (Phi) is 4.60. The van der Waals surface area contributed by atoms with Crippen molar-refractivity contribution in [2.45, 2.75) is 34.1 Å². The molecule has 0 fully saturated rings. The summed E-state index contributed by atoms with van der Waals surface area (Å²) in [6.45, 7) is 12.3. The Morgan fingerprint density at radius 3 is 2.18 bits per heavy atom. The summed E-state index contributed by atoms with van der Waals surface area (Å²) in [5, 5.41) is 0. The van der Waals surface area contributed by atoms with Crippen LogP contribution in [-0.4, -0.2) is 0 Å². The molecule has 0 amide bonds. The predicted molar refractivity (Wildman–Crippen MR) is 52.6 cm³/mol. The van der Waals surface area contributed by atoms with Gasteiger partial charge < -0.3 is 0 Å². The van der Waals surface area contributed by atoms with Gasteiger partial charge in [0.05, 0.1) is 0 Å². The first-order valence-corrected chi connectivity index (χ1v) is 4.03. The zero-order valence-electron chi connectivity index (χ0n) is 8.07. The molecule has 62 valence electrons. The second-order valence-corrected chi connectivity index (χ2v) is 2.96. The van der Waals surface area contributed by atoms with Crippen LogP contribution in [0.4, 0.5) is 0 Å². The molecule has 0 aliphatic carbocycles. The molecule has 11 heavy (non-hydrogen) atoms. The zero-order chi connectivity index (χ0) is 8.85. The minimum atomic E-state index is 1.05. The van der Waals surface area contributed by atoms with E-state index in [1.807, 2.05) is 6.92 Å². The highest BCUT2D eigenvalue weighted by atomic mass is 14.0. The van der Waals surface area contributed by atoms with Crippen molar-refractivity contribution in [1.82, 2.24) is 0 Å². The molecule has 0 spiro atoms. The first-order chi connectivity index (χ1) is 5.09. The van der Waals surface area contributed by atoms with E-state index < -0.39 is 0 Å². The van der Waals surface area contributed by atoms with Crippen LogP contribution in [0, 0.1) is 0 Å². The van der Waals surface area contributed by atoms with E-state index >= 15 is 0 Å². The van der Waals surface area contributed by atoms with E-state index in [-0.39, 0.29) is 0 Å². The maximum absolute atomic E-state index is 3.90. The van der Waals surface area contributed by atoms with Crippen molar-refractivity contribution >= 4 is 0 Å². The van der Waals surface area contributed by atoms with Crippen molar-refractivity contribution in [3.8, 4) is 0 Å². The smallest absolute Gasteiger partial charge is 0.0136 e. The van der Waals surface area contributed by atoms with Gasteiger partial charge in [-0.25, -0.2) is 0 Å². The van der Waals surface area contributed by atoms with Crippen molar-refractivity contribution in [3.05, 3.63) is 35.5 Å². The summed E-state index contributed by atoms with van der Waals surface area (Å²) in [6, 6.07) is 0. The van der Waals surface area contributed by atoms with E-state index in [1.165, 1.54) is 16.7 Å². The number of hydrogen-bond donors (Lipinski definition) is 0. The summed E-state index contributed by atoms with van der Waals surface area (Å²) in [6.07, 6.45) is 5.30. The molecule has 0 aromatic rings. The Labute approximate surface area is 70.3 Å². The van der Waals surface area contributed by atoms with Crippen molar-refractivity contribution in [3.63, 3.8) is 0 Å².